The van der Waals surface area contributed by atoms with E-state index in [0.717, 1.165) is 22.6 Å². The Balaban J connectivity index is 1.66. The number of hydrogen-bond acceptors (Lipinski definition) is 6. The first-order valence-corrected chi connectivity index (χ1v) is 10.3. The van der Waals surface area contributed by atoms with Crippen LogP contribution in [-0.2, 0) is 10.0 Å². The number of tetrazole rings is 1. The summed E-state index contributed by atoms with van der Waals surface area (Å²) in [4.78, 5) is 0.0379. The van der Waals surface area contributed by atoms with Crippen LogP contribution in [0, 0.1) is 11.3 Å². The lowest BCUT2D eigenvalue weighted by Crippen LogP contribution is -2.12. The third kappa shape index (κ3) is 3.88. The van der Waals surface area contributed by atoms with Crippen molar-refractivity contribution in [2.45, 2.75) is 4.90 Å². The third-order valence-electron chi connectivity index (χ3n) is 4.43. The maximum atomic E-state index is 11.5. The number of allylic oxidation sites excluding steroid dienone is 1. The van der Waals surface area contributed by atoms with Gasteiger partial charge >= 0.3 is 0 Å². The topological polar surface area (TPSA) is 132 Å². The summed E-state index contributed by atoms with van der Waals surface area (Å²) >= 11 is 0. The number of nitrogens with zero attached hydrogens (tertiary/aromatic N) is 6. The highest BCUT2D eigenvalue weighted by Crippen LogP contribution is 2.22. The predicted octanol–water partition coefficient (Wildman–Crippen LogP) is 2.16. The molecule has 0 aliphatic rings. The molecule has 0 aliphatic carbocycles. The Morgan fingerprint density at radius 3 is 2.33 bits per heavy atom. The largest absolute Gasteiger partial charge is 0.317 e. The molecule has 4 aromatic rings. The van der Waals surface area contributed by atoms with Crippen molar-refractivity contribution in [2.24, 2.45) is 5.14 Å². The van der Waals surface area contributed by atoms with Gasteiger partial charge in [-0.2, -0.15) is 5.26 Å². The molecule has 2 aromatic heterocycles. The van der Waals surface area contributed by atoms with Crippen molar-refractivity contribution >= 4 is 21.7 Å². The second-order valence-corrected chi connectivity index (χ2v) is 7.87. The van der Waals surface area contributed by atoms with Gasteiger partial charge in [0.1, 0.15) is 6.33 Å². The Labute approximate surface area is 172 Å². The van der Waals surface area contributed by atoms with Crippen LogP contribution in [0.15, 0.2) is 78.1 Å². The fourth-order valence-electron chi connectivity index (χ4n) is 2.94. The minimum Gasteiger partial charge on any atom is -0.317 e. The molecular weight excluding hydrogens is 402 g/mol. The van der Waals surface area contributed by atoms with E-state index in [4.69, 9.17) is 5.14 Å². The van der Waals surface area contributed by atoms with Crippen LogP contribution in [0.3, 0.4) is 0 Å². The molecular formula is C20H15N7O2S. The van der Waals surface area contributed by atoms with E-state index in [1.54, 1.807) is 18.2 Å². The Morgan fingerprint density at radius 2 is 1.73 bits per heavy atom. The molecule has 0 atom stereocenters. The van der Waals surface area contributed by atoms with Crippen molar-refractivity contribution in [1.29, 1.82) is 5.26 Å². The van der Waals surface area contributed by atoms with Gasteiger partial charge in [0.25, 0.3) is 0 Å². The van der Waals surface area contributed by atoms with E-state index >= 15 is 0 Å². The Kier molecular flexibility index (Phi) is 4.97. The zero-order chi connectivity index (χ0) is 21.1. The molecule has 9 nitrogen and oxygen atoms in total. The van der Waals surface area contributed by atoms with Crippen molar-refractivity contribution in [3.8, 4) is 17.4 Å². The van der Waals surface area contributed by atoms with Crippen LogP contribution in [0.25, 0.3) is 23.0 Å². The molecule has 2 aromatic carbocycles. The fourth-order valence-corrected chi connectivity index (χ4v) is 3.46. The first-order valence-electron chi connectivity index (χ1n) is 8.72. The van der Waals surface area contributed by atoms with Crippen LogP contribution >= 0.6 is 0 Å². The highest BCUT2D eigenvalue weighted by atomic mass is 32.2. The summed E-state index contributed by atoms with van der Waals surface area (Å²) < 4.78 is 26.3. The molecule has 4 rings (SSSR count). The average molecular weight is 417 g/mol. The molecule has 0 saturated carbocycles. The van der Waals surface area contributed by atoms with Gasteiger partial charge in [-0.15, -0.1) is 5.10 Å². The molecule has 10 heteroatoms. The molecule has 0 bridgehead atoms. The van der Waals surface area contributed by atoms with E-state index in [9.17, 15) is 13.7 Å². The second-order valence-electron chi connectivity index (χ2n) is 6.31. The summed E-state index contributed by atoms with van der Waals surface area (Å²) in [5, 5.41) is 25.9. The Bertz CT molecular complexity index is 1350. The summed E-state index contributed by atoms with van der Waals surface area (Å²) in [7, 11) is -3.76. The summed E-state index contributed by atoms with van der Waals surface area (Å²) in [6.07, 6.45) is 5.08. The summed E-state index contributed by atoms with van der Waals surface area (Å²) in [6, 6.07) is 19.4. The van der Waals surface area contributed by atoms with Crippen molar-refractivity contribution in [3.63, 3.8) is 0 Å². The molecule has 0 saturated heterocycles. The third-order valence-corrected chi connectivity index (χ3v) is 5.36. The van der Waals surface area contributed by atoms with Gasteiger partial charge in [-0.05, 0) is 70.6 Å². The maximum absolute atomic E-state index is 11.5. The first-order chi connectivity index (χ1) is 14.5. The standard InChI is InChI=1S/C20H15N7O2S/c21-13-16(15-3-5-18(6-4-15)27-14-23-24-25-27)12-19-2-1-11-26(19)17-7-9-20(10-8-17)30(22,28)29/h1-12,14H,(H2,22,28,29)/b16-12+. The number of nitriles is 1. The van der Waals surface area contributed by atoms with Crippen molar-refractivity contribution in [1.82, 2.24) is 24.8 Å². The van der Waals surface area contributed by atoms with Crippen LogP contribution in [0.4, 0.5) is 0 Å². The van der Waals surface area contributed by atoms with Gasteiger partial charge < -0.3 is 4.57 Å². The molecule has 2 N–H and O–H groups in total. The Morgan fingerprint density at radius 1 is 1.03 bits per heavy atom. The van der Waals surface area contributed by atoms with Crippen LogP contribution in [0.1, 0.15) is 11.3 Å². The summed E-state index contributed by atoms with van der Waals surface area (Å²) in [6.45, 7) is 0. The van der Waals surface area contributed by atoms with Gasteiger partial charge in [-0.3, -0.25) is 0 Å². The lowest BCUT2D eigenvalue weighted by molar-refractivity contribution is 0.598. The number of primary sulfonamides is 1. The van der Waals surface area contributed by atoms with E-state index < -0.39 is 10.0 Å². The van der Waals surface area contributed by atoms with Gasteiger partial charge in [-0.25, -0.2) is 18.2 Å². The number of sulfonamides is 1. The van der Waals surface area contributed by atoms with Gasteiger partial charge in [0.05, 0.1) is 22.2 Å². The van der Waals surface area contributed by atoms with Crippen LogP contribution < -0.4 is 5.14 Å². The minimum atomic E-state index is -3.76. The fraction of sp³-hybridized carbons (Fsp3) is 0. The molecule has 0 unspecified atom stereocenters. The molecule has 0 aliphatic heterocycles. The van der Waals surface area contributed by atoms with E-state index in [2.05, 4.69) is 21.6 Å². The van der Waals surface area contributed by atoms with Crippen molar-refractivity contribution in [2.75, 3.05) is 0 Å². The van der Waals surface area contributed by atoms with Gasteiger partial charge in [0.15, 0.2) is 0 Å². The highest BCUT2D eigenvalue weighted by molar-refractivity contribution is 7.89. The number of rotatable bonds is 5. The van der Waals surface area contributed by atoms with Gasteiger partial charge in [-0.1, -0.05) is 12.1 Å². The normalized spacial score (nSPS) is 11.9. The number of aromatic nitrogens is 5. The quantitative estimate of drug-likeness (QED) is 0.495. The van der Waals surface area contributed by atoms with Crippen LogP contribution in [-0.4, -0.2) is 33.2 Å². The number of benzene rings is 2. The number of nitrogens with two attached hydrogens (primary N) is 1. The molecule has 148 valence electrons. The highest BCUT2D eigenvalue weighted by Gasteiger charge is 2.09. The smallest absolute Gasteiger partial charge is 0.238 e. The number of hydrogen-bond donors (Lipinski definition) is 1. The van der Waals surface area contributed by atoms with Crippen molar-refractivity contribution in [3.05, 3.63) is 84.4 Å². The zero-order valence-electron chi connectivity index (χ0n) is 15.5. The van der Waals surface area contributed by atoms with E-state index in [-0.39, 0.29) is 4.90 Å². The predicted molar refractivity (Wildman–Crippen MR) is 110 cm³/mol. The first kappa shape index (κ1) is 19.3. The Hall–Kier alpha value is -4.07. The van der Waals surface area contributed by atoms with E-state index in [0.29, 0.717) is 5.57 Å². The van der Waals surface area contributed by atoms with Crippen LogP contribution in [0.2, 0.25) is 0 Å². The lowest BCUT2D eigenvalue weighted by Gasteiger charge is -2.08. The average Bonchev–Trinajstić information content (AvgIpc) is 3.44. The maximum Gasteiger partial charge on any atom is 0.238 e. The molecule has 0 amide bonds. The minimum absolute atomic E-state index is 0.0379. The molecule has 30 heavy (non-hydrogen) atoms. The van der Waals surface area contributed by atoms with Gasteiger partial charge in [0.2, 0.25) is 10.0 Å². The second kappa shape index (κ2) is 7.75. The monoisotopic (exact) mass is 417 g/mol. The zero-order valence-corrected chi connectivity index (χ0v) is 16.3. The summed E-state index contributed by atoms with van der Waals surface area (Å²) in [5.74, 6) is 0. The summed E-state index contributed by atoms with van der Waals surface area (Å²) in [5.41, 5.74) is 3.50. The van der Waals surface area contributed by atoms with Crippen molar-refractivity contribution < 1.29 is 8.42 Å². The molecule has 0 spiro atoms. The molecule has 0 fully saturated rings. The van der Waals surface area contributed by atoms with E-state index in [1.807, 2.05) is 47.2 Å². The van der Waals surface area contributed by atoms with E-state index in [1.165, 1.54) is 23.1 Å². The molecule has 0 radical (unpaired) electrons. The molecule has 2 heterocycles. The van der Waals surface area contributed by atoms with Crippen LogP contribution in [0.5, 0.6) is 0 Å². The SMILES string of the molecule is N#C/C(=C\c1cccn1-c1ccc(S(N)(=O)=O)cc1)c1ccc(-n2cnnn2)cc1. The lowest BCUT2D eigenvalue weighted by atomic mass is 10.1. The van der Waals surface area contributed by atoms with Gasteiger partial charge in [0, 0.05) is 17.6 Å².